The van der Waals surface area contributed by atoms with E-state index < -0.39 is 0 Å². The molecule has 1 N–H and O–H groups in total. The van der Waals surface area contributed by atoms with Crippen LogP contribution in [-0.4, -0.2) is 9.97 Å². The zero-order chi connectivity index (χ0) is 13.9. The zero-order valence-electron chi connectivity index (χ0n) is 11.1. The highest BCUT2D eigenvalue weighted by Gasteiger charge is 2.07. The summed E-state index contributed by atoms with van der Waals surface area (Å²) >= 11 is 3.49. The van der Waals surface area contributed by atoms with Gasteiger partial charge in [-0.1, -0.05) is 41.1 Å². The molecule has 20 heavy (non-hydrogen) atoms. The minimum Gasteiger partial charge on any atom is -0.340 e. The van der Waals surface area contributed by atoms with E-state index in [0.717, 1.165) is 39.1 Å². The van der Waals surface area contributed by atoms with Crippen LogP contribution in [0.25, 0.3) is 10.9 Å². The highest BCUT2D eigenvalue weighted by atomic mass is 79.9. The standard InChI is InChI=1S/C16H14BrN3/c1-2-15-19-14-10-11(17)8-9-13(14)16(20-15)18-12-6-4-3-5-7-12/h3-10H,2H2,1H3,(H,18,19,20). The van der Waals surface area contributed by atoms with Crippen molar-refractivity contribution in [1.82, 2.24) is 9.97 Å². The summed E-state index contributed by atoms with van der Waals surface area (Å²) in [6.07, 6.45) is 0.811. The van der Waals surface area contributed by atoms with Crippen molar-refractivity contribution >= 4 is 38.3 Å². The van der Waals surface area contributed by atoms with Crippen LogP contribution in [0.5, 0.6) is 0 Å². The summed E-state index contributed by atoms with van der Waals surface area (Å²) in [5, 5.41) is 4.40. The lowest BCUT2D eigenvalue weighted by Gasteiger charge is -2.10. The Bertz CT molecular complexity index is 741. The third-order valence-electron chi connectivity index (χ3n) is 3.06. The normalized spacial score (nSPS) is 10.7. The molecule has 0 saturated carbocycles. The number of para-hydroxylation sites is 1. The van der Waals surface area contributed by atoms with Crippen LogP contribution in [0.4, 0.5) is 11.5 Å². The topological polar surface area (TPSA) is 37.8 Å². The van der Waals surface area contributed by atoms with Gasteiger partial charge in [-0.15, -0.1) is 0 Å². The number of hydrogen-bond acceptors (Lipinski definition) is 3. The summed E-state index contributed by atoms with van der Waals surface area (Å²) in [6, 6.07) is 16.1. The maximum atomic E-state index is 4.61. The summed E-state index contributed by atoms with van der Waals surface area (Å²) in [4.78, 5) is 9.18. The van der Waals surface area contributed by atoms with Crippen LogP contribution in [0, 0.1) is 0 Å². The second kappa shape index (κ2) is 5.59. The summed E-state index contributed by atoms with van der Waals surface area (Å²) in [5.74, 6) is 1.69. The van der Waals surface area contributed by atoms with Crippen molar-refractivity contribution in [3.63, 3.8) is 0 Å². The molecule has 0 aliphatic carbocycles. The molecule has 0 radical (unpaired) electrons. The van der Waals surface area contributed by atoms with E-state index in [9.17, 15) is 0 Å². The largest absolute Gasteiger partial charge is 0.340 e. The Kier molecular flexibility index (Phi) is 3.65. The molecule has 3 rings (SSSR count). The van der Waals surface area contributed by atoms with Crippen LogP contribution in [0.3, 0.4) is 0 Å². The molecule has 1 aromatic heterocycles. The molecule has 0 amide bonds. The molecule has 0 saturated heterocycles. The summed E-state index contributed by atoms with van der Waals surface area (Å²) in [5.41, 5.74) is 1.97. The predicted octanol–water partition coefficient (Wildman–Crippen LogP) is 4.70. The number of nitrogens with one attached hydrogen (secondary N) is 1. The molecule has 4 heteroatoms. The first-order valence-corrected chi connectivity index (χ1v) is 7.34. The Morgan fingerprint density at radius 1 is 1.05 bits per heavy atom. The second-order valence-corrected chi connectivity index (χ2v) is 5.41. The molecular weight excluding hydrogens is 314 g/mol. The highest BCUT2D eigenvalue weighted by molar-refractivity contribution is 9.10. The van der Waals surface area contributed by atoms with Gasteiger partial charge in [-0.25, -0.2) is 9.97 Å². The second-order valence-electron chi connectivity index (χ2n) is 4.49. The van der Waals surface area contributed by atoms with Crippen LogP contribution in [-0.2, 0) is 6.42 Å². The molecule has 0 unspecified atom stereocenters. The Labute approximate surface area is 126 Å². The van der Waals surface area contributed by atoms with Crippen LogP contribution in [0.1, 0.15) is 12.7 Å². The van der Waals surface area contributed by atoms with E-state index in [1.54, 1.807) is 0 Å². The third-order valence-corrected chi connectivity index (χ3v) is 3.55. The first-order valence-electron chi connectivity index (χ1n) is 6.54. The van der Waals surface area contributed by atoms with Crippen molar-refractivity contribution in [2.45, 2.75) is 13.3 Å². The molecule has 0 aliphatic rings. The van der Waals surface area contributed by atoms with Crippen LogP contribution >= 0.6 is 15.9 Å². The van der Waals surface area contributed by atoms with Gasteiger partial charge in [0.1, 0.15) is 11.6 Å². The molecule has 1 heterocycles. The fourth-order valence-corrected chi connectivity index (χ4v) is 2.41. The van der Waals surface area contributed by atoms with Gasteiger partial charge in [0.25, 0.3) is 0 Å². The van der Waals surface area contributed by atoms with E-state index in [-0.39, 0.29) is 0 Å². The van der Waals surface area contributed by atoms with Gasteiger partial charge in [0.15, 0.2) is 0 Å². The lowest BCUT2D eigenvalue weighted by atomic mass is 10.2. The smallest absolute Gasteiger partial charge is 0.142 e. The maximum absolute atomic E-state index is 4.61. The van der Waals surface area contributed by atoms with E-state index in [1.165, 1.54) is 0 Å². The number of aromatic nitrogens is 2. The minimum absolute atomic E-state index is 0.811. The van der Waals surface area contributed by atoms with Crippen molar-refractivity contribution in [2.75, 3.05) is 5.32 Å². The molecular formula is C16H14BrN3. The first-order chi connectivity index (χ1) is 9.76. The number of nitrogens with zero attached hydrogens (tertiary/aromatic N) is 2. The Morgan fingerprint density at radius 2 is 1.85 bits per heavy atom. The monoisotopic (exact) mass is 327 g/mol. The van der Waals surface area contributed by atoms with Gasteiger partial charge in [0.05, 0.1) is 5.52 Å². The average molecular weight is 328 g/mol. The van der Waals surface area contributed by atoms with Gasteiger partial charge >= 0.3 is 0 Å². The zero-order valence-corrected chi connectivity index (χ0v) is 12.7. The van der Waals surface area contributed by atoms with Crippen molar-refractivity contribution in [3.05, 3.63) is 58.8 Å². The molecule has 2 aromatic carbocycles. The predicted molar refractivity (Wildman–Crippen MR) is 86.3 cm³/mol. The van der Waals surface area contributed by atoms with Gasteiger partial charge in [-0.05, 0) is 30.3 Å². The number of anilines is 2. The highest BCUT2D eigenvalue weighted by Crippen LogP contribution is 2.26. The molecule has 0 bridgehead atoms. The molecule has 0 fully saturated rings. The van der Waals surface area contributed by atoms with Gasteiger partial charge in [0, 0.05) is 22.0 Å². The van der Waals surface area contributed by atoms with Gasteiger partial charge in [-0.2, -0.15) is 0 Å². The molecule has 0 spiro atoms. The van der Waals surface area contributed by atoms with E-state index >= 15 is 0 Å². The van der Waals surface area contributed by atoms with Crippen molar-refractivity contribution < 1.29 is 0 Å². The Balaban J connectivity index is 2.13. The van der Waals surface area contributed by atoms with E-state index in [1.807, 2.05) is 48.5 Å². The van der Waals surface area contributed by atoms with Crippen molar-refractivity contribution in [2.24, 2.45) is 0 Å². The summed E-state index contributed by atoms with van der Waals surface area (Å²) in [7, 11) is 0. The SMILES string of the molecule is CCc1nc(Nc2ccccc2)c2ccc(Br)cc2n1. The minimum atomic E-state index is 0.811. The maximum Gasteiger partial charge on any atom is 0.142 e. The van der Waals surface area contributed by atoms with Crippen LogP contribution in [0.15, 0.2) is 53.0 Å². The van der Waals surface area contributed by atoms with Crippen LogP contribution < -0.4 is 5.32 Å². The first kappa shape index (κ1) is 13.1. The van der Waals surface area contributed by atoms with Crippen molar-refractivity contribution in [1.29, 1.82) is 0 Å². The van der Waals surface area contributed by atoms with Gasteiger partial charge in [-0.3, -0.25) is 0 Å². The molecule has 100 valence electrons. The Morgan fingerprint density at radius 3 is 2.60 bits per heavy atom. The molecule has 3 aromatic rings. The van der Waals surface area contributed by atoms with E-state index in [0.29, 0.717) is 0 Å². The number of benzene rings is 2. The fraction of sp³-hybridized carbons (Fsp3) is 0.125. The number of halogens is 1. The van der Waals surface area contributed by atoms with E-state index in [4.69, 9.17) is 0 Å². The van der Waals surface area contributed by atoms with Crippen molar-refractivity contribution in [3.8, 4) is 0 Å². The number of hydrogen-bond donors (Lipinski definition) is 1. The quantitative estimate of drug-likeness (QED) is 0.757. The number of rotatable bonds is 3. The Hall–Kier alpha value is -1.94. The average Bonchev–Trinajstić information content (AvgIpc) is 2.47. The summed E-state index contributed by atoms with van der Waals surface area (Å²) < 4.78 is 1.02. The number of fused-ring (bicyclic) bond motifs is 1. The fourth-order valence-electron chi connectivity index (χ4n) is 2.06. The van der Waals surface area contributed by atoms with Gasteiger partial charge in [0.2, 0.25) is 0 Å². The molecule has 0 atom stereocenters. The molecule has 0 aliphatic heterocycles. The number of aryl methyl sites for hydroxylation is 1. The van der Waals surface area contributed by atoms with Gasteiger partial charge < -0.3 is 5.32 Å². The lowest BCUT2D eigenvalue weighted by molar-refractivity contribution is 0.964. The van der Waals surface area contributed by atoms with E-state index in [2.05, 4.69) is 38.1 Å². The third kappa shape index (κ3) is 2.65. The van der Waals surface area contributed by atoms with Crippen LogP contribution in [0.2, 0.25) is 0 Å². The lowest BCUT2D eigenvalue weighted by Crippen LogP contribution is -2.01. The summed E-state index contributed by atoms with van der Waals surface area (Å²) in [6.45, 7) is 2.06. The molecule has 3 nitrogen and oxygen atoms in total.